The monoisotopic (exact) mass is 305 g/mol. The standard InChI is InChI=1S/C16H13ClFNO2/c17-13-9-11(18)5-4-10(13)8-15(20)12-2-1-3-14-16(12)21-7-6-19-14/h1-5,9,19H,6-8H2. The summed E-state index contributed by atoms with van der Waals surface area (Å²) >= 11 is 5.97. The molecule has 1 aliphatic heterocycles. The van der Waals surface area contributed by atoms with E-state index in [9.17, 15) is 9.18 Å². The maximum Gasteiger partial charge on any atom is 0.171 e. The van der Waals surface area contributed by atoms with Gasteiger partial charge in [-0.1, -0.05) is 23.7 Å². The third-order valence-electron chi connectivity index (χ3n) is 3.35. The number of hydrogen-bond donors (Lipinski definition) is 1. The summed E-state index contributed by atoms with van der Waals surface area (Å²) in [5.74, 6) is 0.0527. The molecule has 0 bridgehead atoms. The number of carbonyl (C=O) groups excluding carboxylic acids is 1. The number of nitrogens with one attached hydrogen (secondary N) is 1. The Morgan fingerprint density at radius 2 is 2.19 bits per heavy atom. The lowest BCUT2D eigenvalue weighted by Crippen LogP contribution is -2.20. The first kappa shape index (κ1) is 13.9. The maximum atomic E-state index is 13.0. The van der Waals surface area contributed by atoms with Gasteiger partial charge in [0.05, 0.1) is 11.3 Å². The van der Waals surface area contributed by atoms with Crippen LogP contribution in [0.25, 0.3) is 0 Å². The summed E-state index contributed by atoms with van der Waals surface area (Å²) in [6, 6.07) is 9.45. The molecule has 108 valence electrons. The third-order valence-corrected chi connectivity index (χ3v) is 3.70. The van der Waals surface area contributed by atoms with Gasteiger partial charge in [-0.25, -0.2) is 4.39 Å². The second kappa shape index (κ2) is 5.74. The Hall–Kier alpha value is -2.07. The number of hydrogen-bond acceptors (Lipinski definition) is 3. The van der Waals surface area contributed by atoms with Crippen molar-refractivity contribution in [1.29, 1.82) is 0 Å². The van der Waals surface area contributed by atoms with E-state index in [0.29, 0.717) is 30.0 Å². The highest BCUT2D eigenvalue weighted by Crippen LogP contribution is 2.32. The molecule has 0 aliphatic carbocycles. The first-order valence-electron chi connectivity index (χ1n) is 6.62. The number of carbonyl (C=O) groups is 1. The summed E-state index contributed by atoms with van der Waals surface area (Å²) < 4.78 is 18.6. The van der Waals surface area contributed by atoms with Crippen LogP contribution in [-0.4, -0.2) is 18.9 Å². The topological polar surface area (TPSA) is 38.3 Å². The molecule has 0 aromatic heterocycles. The summed E-state index contributed by atoms with van der Waals surface area (Å²) in [6.07, 6.45) is 0.110. The average molecular weight is 306 g/mol. The molecule has 1 heterocycles. The van der Waals surface area contributed by atoms with E-state index in [0.717, 1.165) is 5.69 Å². The van der Waals surface area contributed by atoms with Crippen molar-refractivity contribution in [1.82, 2.24) is 0 Å². The van der Waals surface area contributed by atoms with Gasteiger partial charge in [0.15, 0.2) is 11.5 Å². The Balaban J connectivity index is 1.89. The molecule has 2 aromatic rings. The van der Waals surface area contributed by atoms with Gasteiger partial charge in [-0.2, -0.15) is 0 Å². The highest BCUT2D eigenvalue weighted by Gasteiger charge is 2.19. The largest absolute Gasteiger partial charge is 0.489 e. The van der Waals surface area contributed by atoms with E-state index in [1.54, 1.807) is 12.1 Å². The van der Waals surface area contributed by atoms with Gasteiger partial charge < -0.3 is 10.1 Å². The smallest absolute Gasteiger partial charge is 0.171 e. The van der Waals surface area contributed by atoms with Crippen LogP contribution in [0.15, 0.2) is 36.4 Å². The van der Waals surface area contributed by atoms with Gasteiger partial charge in [0.25, 0.3) is 0 Å². The summed E-state index contributed by atoms with van der Waals surface area (Å²) in [7, 11) is 0. The Labute approximate surface area is 126 Å². The zero-order valence-electron chi connectivity index (χ0n) is 11.2. The first-order chi connectivity index (χ1) is 10.1. The average Bonchev–Trinajstić information content (AvgIpc) is 2.49. The summed E-state index contributed by atoms with van der Waals surface area (Å²) in [5.41, 5.74) is 1.93. The molecule has 2 aromatic carbocycles. The Bertz CT molecular complexity index is 703. The first-order valence-corrected chi connectivity index (χ1v) is 7.00. The minimum atomic E-state index is -0.416. The van der Waals surface area contributed by atoms with E-state index in [4.69, 9.17) is 16.3 Å². The van der Waals surface area contributed by atoms with Crippen molar-refractivity contribution in [2.45, 2.75) is 6.42 Å². The molecule has 21 heavy (non-hydrogen) atoms. The molecule has 0 fully saturated rings. The molecular weight excluding hydrogens is 293 g/mol. The number of benzene rings is 2. The Morgan fingerprint density at radius 3 is 3.00 bits per heavy atom. The zero-order valence-corrected chi connectivity index (χ0v) is 11.9. The third kappa shape index (κ3) is 2.85. The minimum Gasteiger partial charge on any atom is -0.489 e. The maximum absolute atomic E-state index is 13.0. The number of para-hydroxylation sites is 1. The number of rotatable bonds is 3. The van der Waals surface area contributed by atoms with Gasteiger partial charge in [-0.15, -0.1) is 0 Å². The fraction of sp³-hybridized carbons (Fsp3) is 0.188. The lowest BCUT2D eigenvalue weighted by Gasteiger charge is -2.21. The second-order valence-corrected chi connectivity index (χ2v) is 5.20. The molecule has 0 amide bonds. The van der Waals surface area contributed by atoms with Crippen LogP contribution in [0.2, 0.25) is 5.02 Å². The van der Waals surface area contributed by atoms with Gasteiger partial charge >= 0.3 is 0 Å². The minimum absolute atomic E-state index is 0.107. The molecule has 1 N–H and O–H groups in total. The number of ether oxygens (including phenoxy) is 1. The van der Waals surface area contributed by atoms with Crippen LogP contribution >= 0.6 is 11.6 Å². The van der Waals surface area contributed by atoms with Crippen LogP contribution in [0.3, 0.4) is 0 Å². The molecular formula is C16H13ClFNO2. The molecule has 0 unspecified atom stereocenters. The van der Waals surface area contributed by atoms with Crippen molar-refractivity contribution in [3.63, 3.8) is 0 Å². The van der Waals surface area contributed by atoms with Crippen LogP contribution in [-0.2, 0) is 6.42 Å². The van der Waals surface area contributed by atoms with Gasteiger partial charge in [0.1, 0.15) is 12.4 Å². The molecule has 0 saturated heterocycles. The van der Waals surface area contributed by atoms with Crippen LogP contribution < -0.4 is 10.1 Å². The molecule has 0 radical (unpaired) electrons. The molecule has 0 atom stereocenters. The Kier molecular flexibility index (Phi) is 3.80. The SMILES string of the molecule is O=C(Cc1ccc(F)cc1Cl)c1cccc2c1OCCN2. The van der Waals surface area contributed by atoms with E-state index >= 15 is 0 Å². The quantitative estimate of drug-likeness (QED) is 0.879. The second-order valence-electron chi connectivity index (χ2n) is 4.79. The molecule has 3 nitrogen and oxygen atoms in total. The predicted molar refractivity (Wildman–Crippen MR) is 79.9 cm³/mol. The number of Topliss-reactive ketones (excluding diaryl/α,β-unsaturated/α-hetero) is 1. The number of halogens is 2. The zero-order chi connectivity index (χ0) is 14.8. The van der Waals surface area contributed by atoms with Crippen LogP contribution in [0.4, 0.5) is 10.1 Å². The number of fused-ring (bicyclic) bond motifs is 1. The van der Waals surface area contributed by atoms with Crippen molar-refractivity contribution < 1.29 is 13.9 Å². The van der Waals surface area contributed by atoms with Gasteiger partial charge in [0, 0.05) is 18.0 Å². The van der Waals surface area contributed by atoms with E-state index in [2.05, 4.69) is 5.32 Å². The molecule has 0 spiro atoms. The summed E-state index contributed by atoms with van der Waals surface area (Å²) in [6.45, 7) is 1.24. The fourth-order valence-electron chi connectivity index (χ4n) is 2.32. The van der Waals surface area contributed by atoms with Crippen molar-refractivity contribution in [3.8, 4) is 5.75 Å². The van der Waals surface area contributed by atoms with E-state index in [1.807, 2.05) is 6.07 Å². The van der Waals surface area contributed by atoms with Gasteiger partial charge in [0.2, 0.25) is 0 Å². The van der Waals surface area contributed by atoms with E-state index in [-0.39, 0.29) is 17.2 Å². The van der Waals surface area contributed by atoms with Crippen LogP contribution in [0, 0.1) is 5.82 Å². The van der Waals surface area contributed by atoms with Gasteiger partial charge in [-0.05, 0) is 29.8 Å². The van der Waals surface area contributed by atoms with Crippen LogP contribution in [0.5, 0.6) is 5.75 Å². The highest BCUT2D eigenvalue weighted by molar-refractivity contribution is 6.31. The van der Waals surface area contributed by atoms with E-state index < -0.39 is 5.82 Å². The molecule has 0 saturated carbocycles. The molecule has 1 aliphatic rings. The normalized spacial score (nSPS) is 13.0. The van der Waals surface area contributed by atoms with E-state index in [1.165, 1.54) is 18.2 Å². The lowest BCUT2D eigenvalue weighted by atomic mass is 10.0. The number of ketones is 1. The summed E-state index contributed by atoms with van der Waals surface area (Å²) in [5, 5.41) is 3.44. The fourth-order valence-corrected chi connectivity index (χ4v) is 2.56. The number of anilines is 1. The highest BCUT2D eigenvalue weighted by atomic mass is 35.5. The lowest BCUT2D eigenvalue weighted by molar-refractivity contribution is 0.0989. The van der Waals surface area contributed by atoms with Crippen molar-refractivity contribution in [2.75, 3.05) is 18.5 Å². The predicted octanol–water partition coefficient (Wildman–Crippen LogP) is 3.71. The van der Waals surface area contributed by atoms with Crippen molar-refractivity contribution >= 4 is 23.1 Å². The van der Waals surface area contributed by atoms with Crippen molar-refractivity contribution in [3.05, 3.63) is 58.4 Å². The van der Waals surface area contributed by atoms with Crippen molar-refractivity contribution in [2.24, 2.45) is 0 Å². The van der Waals surface area contributed by atoms with Crippen LogP contribution in [0.1, 0.15) is 15.9 Å². The molecule has 3 rings (SSSR count). The Morgan fingerprint density at radius 1 is 1.33 bits per heavy atom. The molecule has 5 heteroatoms. The van der Waals surface area contributed by atoms with Gasteiger partial charge in [-0.3, -0.25) is 4.79 Å². The summed E-state index contributed by atoms with van der Waals surface area (Å²) in [4.78, 5) is 12.5.